The lowest BCUT2D eigenvalue weighted by molar-refractivity contribution is -0.113. The van der Waals surface area contributed by atoms with E-state index in [-0.39, 0.29) is 40.9 Å². The predicted molar refractivity (Wildman–Crippen MR) is 127 cm³/mol. The van der Waals surface area contributed by atoms with Gasteiger partial charge in [-0.3, -0.25) is 14.5 Å². The standard InChI is InChI=1S/C23H26FN3O4S2/c24-17-5-7-18(8-6-17)25-22(28)15-32-21-4-2-1-3-20(21)23(29)27-12-10-26(11-13-27)19-9-14-33(30,31)16-19/h1-8,19H,9-16H2,(H,25,28)/t19-/m0/s1. The van der Waals surface area contributed by atoms with E-state index in [4.69, 9.17) is 0 Å². The van der Waals surface area contributed by atoms with Gasteiger partial charge in [0.1, 0.15) is 5.82 Å². The fourth-order valence-electron chi connectivity index (χ4n) is 4.17. The van der Waals surface area contributed by atoms with Gasteiger partial charge in [-0.15, -0.1) is 11.8 Å². The first-order chi connectivity index (χ1) is 15.8. The summed E-state index contributed by atoms with van der Waals surface area (Å²) in [6.07, 6.45) is 0.662. The SMILES string of the molecule is O=C(CSc1ccccc1C(=O)N1CCN([C@H]2CCS(=O)(=O)C2)CC1)Nc1ccc(F)cc1. The maximum Gasteiger partial charge on any atom is 0.255 e. The van der Waals surface area contributed by atoms with Crippen LogP contribution in [0.3, 0.4) is 0 Å². The fraction of sp³-hybridized carbons (Fsp3) is 0.391. The number of anilines is 1. The largest absolute Gasteiger partial charge is 0.336 e. The van der Waals surface area contributed by atoms with Crippen molar-refractivity contribution in [1.29, 1.82) is 0 Å². The van der Waals surface area contributed by atoms with Crippen LogP contribution in [0.4, 0.5) is 10.1 Å². The number of nitrogens with zero attached hydrogens (tertiary/aromatic N) is 2. The van der Waals surface area contributed by atoms with Crippen LogP contribution >= 0.6 is 11.8 Å². The number of hydrogen-bond acceptors (Lipinski definition) is 6. The van der Waals surface area contributed by atoms with Gasteiger partial charge in [-0.1, -0.05) is 12.1 Å². The Morgan fingerprint density at radius 2 is 1.73 bits per heavy atom. The first-order valence-electron chi connectivity index (χ1n) is 10.8. The monoisotopic (exact) mass is 491 g/mol. The van der Waals surface area contributed by atoms with Crippen molar-refractivity contribution in [2.45, 2.75) is 17.4 Å². The molecule has 0 aromatic heterocycles. The lowest BCUT2D eigenvalue weighted by Gasteiger charge is -2.37. The van der Waals surface area contributed by atoms with Gasteiger partial charge in [-0.2, -0.15) is 0 Å². The van der Waals surface area contributed by atoms with Gasteiger partial charge in [0.15, 0.2) is 9.84 Å². The molecule has 2 aromatic rings. The molecule has 2 saturated heterocycles. The average molecular weight is 492 g/mol. The molecular weight excluding hydrogens is 465 g/mol. The number of rotatable bonds is 6. The summed E-state index contributed by atoms with van der Waals surface area (Å²) in [5.41, 5.74) is 1.06. The molecule has 2 amide bonds. The Balaban J connectivity index is 1.32. The molecule has 0 unspecified atom stereocenters. The molecule has 0 spiro atoms. The molecule has 0 saturated carbocycles. The molecule has 2 aliphatic rings. The first-order valence-corrected chi connectivity index (χ1v) is 13.6. The Hall–Kier alpha value is -2.43. The number of halogens is 1. The number of hydrogen-bond donors (Lipinski definition) is 1. The highest BCUT2D eigenvalue weighted by molar-refractivity contribution is 8.00. The number of sulfone groups is 1. The van der Waals surface area contributed by atoms with E-state index in [2.05, 4.69) is 10.2 Å². The Bertz CT molecular complexity index is 1120. The second-order valence-electron chi connectivity index (χ2n) is 8.22. The molecule has 2 aliphatic heterocycles. The van der Waals surface area contributed by atoms with Crippen LogP contribution in [0.2, 0.25) is 0 Å². The number of carbonyl (C=O) groups excluding carboxylic acids is 2. The summed E-state index contributed by atoms with van der Waals surface area (Å²) in [6.45, 7) is 2.39. The van der Waals surface area contributed by atoms with Crippen LogP contribution in [-0.4, -0.2) is 79.5 Å². The maximum atomic E-state index is 13.2. The van der Waals surface area contributed by atoms with Crippen molar-refractivity contribution in [2.24, 2.45) is 0 Å². The third kappa shape index (κ3) is 6.13. The molecule has 176 valence electrons. The molecule has 0 bridgehead atoms. The highest BCUT2D eigenvalue weighted by Crippen LogP contribution is 2.25. The summed E-state index contributed by atoms with van der Waals surface area (Å²) in [4.78, 5) is 30.2. The lowest BCUT2D eigenvalue weighted by atomic mass is 10.1. The summed E-state index contributed by atoms with van der Waals surface area (Å²) in [6, 6.07) is 12.8. The van der Waals surface area contributed by atoms with Crippen LogP contribution in [0.5, 0.6) is 0 Å². The van der Waals surface area contributed by atoms with Crippen LogP contribution in [0, 0.1) is 5.82 Å². The lowest BCUT2D eigenvalue weighted by Crippen LogP contribution is -2.52. The van der Waals surface area contributed by atoms with Crippen molar-refractivity contribution in [3.05, 3.63) is 59.9 Å². The number of thioether (sulfide) groups is 1. The van der Waals surface area contributed by atoms with Gasteiger partial charge in [-0.25, -0.2) is 12.8 Å². The number of nitrogens with one attached hydrogen (secondary N) is 1. The Labute approximate surface area is 197 Å². The number of amides is 2. The molecule has 2 aromatic carbocycles. The van der Waals surface area contributed by atoms with Crippen molar-refractivity contribution < 1.29 is 22.4 Å². The van der Waals surface area contributed by atoms with Gasteiger partial charge in [0, 0.05) is 42.8 Å². The van der Waals surface area contributed by atoms with E-state index in [1.165, 1.54) is 36.0 Å². The molecule has 2 fully saturated rings. The van der Waals surface area contributed by atoms with E-state index in [1.54, 1.807) is 17.0 Å². The van der Waals surface area contributed by atoms with E-state index < -0.39 is 9.84 Å². The fourth-order valence-corrected chi connectivity index (χ4v) is 6.77. The average Bonchev–Trinajstić information content (AvgIpc) is 3.18. The zero-order valence-electron chi connectivity index (χ0n) is 18.1. The quantitative estimate of drug-likeness (QED) is 0.625. The van der Waals surface area contributed by atoms with E-state index >= 15 is 0 Å². The summed E-state index contributed by atoms with van der Waals surface area (Å²) >= 11 is 1.28. The minimum absolute atomic E-state index is 0.0507. The summed E-state index contributed by atoms with van der Waals surface area (Å²) < 4.78 is 36.6. The van der Waals surface area contributed by atoms with Gasteiger partial charge in [0.05, 0.1) is 22.8 Å². The van der Waals surface area contributed by atoms with Crippen LogP contribution in [-0.2, 0) is 14.6 Å². The zero-order valence-corrected chi connectivity index (χ0v) is 19.7. The highest BCUT2D eigenvalue weighted by atomic mass is 32.2. The van der Waals surface area contributed by atoms with Crippen molar-refractivity contribution in [2.75, 3.05) is 48.8 Å². The van der Waals surface area contributed by atoms with E-state index in [0.717, 1.165) is 4.90 Å². The molecular formula is C23H26FN3O4S2. The van der Waals surface area contributed by atoms with Gasteiger partial charge < -0.3 is 10.2 Å². The van der Waals surface area contributed by atoms with Crippen LogP contribution in [0.25, 0.3) is 0 Å². The van der Waals surface area contributed by atoms with Crippen molar-refractivity contribution in [3.8, 4) is 0 Å². The Morgan fingerprint density at radius 3 is 2.39 bits per heavy atom. The molecule has 0 radical (unpaired) electrons. The van der Waals surface area contributed by atoms with E-state index in [9.17, 15) is 22.4 Å². The summed E-state index contributed by atoms with van der Waals surface area (Å²) in [5, 5.41) is 2.72. The Morgan fingerprint density at radius 1 is 1.03 bits per heavy atom. The van der Waals surface area contributed by atoms with Gasteiger partial charge in [0.25, 0.3) is 5.91 Å². The molecule has 1 N–H and O–H groups in total. The number of benzene rings is 2. The summed E-state index contributed by atoms with van der Waals surface area (Å²) in [5.74, 6) is -0.129. The topological polar surface area (TPSA) is 86.8 Å². The maximum absolute atomic E-state index is 13.2. The second kappa shape index (κ2) is 10.2. The molecule has 7 nitrogen and oxygen atoms in total. The normalized spacial score (nSPS) is 20.5. The molecule has 1 atom stereocenters. The second-order valence-corrected chi connectivity index (χ2v) is 11.5. The van der Waals surface area contributed by atoms with Crippen LogP contribution in [0.1, 0.15) is 16.8 Å². The van der Waals surface area contributed by atoms with Crippen molar-refractivity contribution in [3.63, 3.8) is 0 Å². The van der Waals surface area contributed by atoms with E-state index in [0.29, 0.717) is 43.9 Å². The van der Waals surface area contributed by atoms with Gasteiger partial charge in [0.2, 0.25) is 5.91 Å². The minimum Gasteiger partial charge on any atom is -0.336 e. The van der Waals surface area contributed by atoms with Crippen LogP contribution < -0.4 is 5.32 Å². The number of carbonyl (C=O) groups is 2. The smallest absolute Gasteiger partial charge is 0.255 e. The molecule has 2 heterocycles. The summed E-state index contributed by atoms with van der Waals surface area (Å²) in [7, 11) is -2.93. The van der Waals surface area contributed by atoms with E-state index in [1.807, 2.05) is 12.1 Å². The third-order valence-electron chi connectivity index (χ3n) is 5.93. The third-order valence-corrected chi connectivity index (χ3v) is 8.75. The molecule has 10 heteroatoms. The van der Waals surface area contributed by atoms with Crippen molar-refractivity contribution in [1.82, 2.24) is 9.80 Å². The van der Waals surface area contributed by atoms with Gasteiger partial charge in [-0.05, 0) is 42.8 Å². The number of piperazine rings is 1. The molecule has 4 rings (SSSR count). The predicted octanol–water partition coefficient (Wildman–Crippen LogP) is 2.50. The molecule has 0 aliphatic carbocycles. The minimum atomic E-state index is -2.93. The van der Waals surface area contributed by atoms with Crippen molar-refractivity contribution >= 4 is 39.1 Å². The Kier molecular flexibility index (Phi) is 7.35. The molecule has 33 heavy (non-hydrogen) atoms. The van der Waals surface area contributed by atoms with Gasteiger partial charge >= 0.3 is 0 Å². The van der Waals surface area contributed by atoms with Crippen LogP contribution in [0.15, 0.2) is 53.4 Å². The highest BCUT2D eigenvalue weighted by Gasteiger charge is 2.34. The zero-order chi connectivity index (χ0) is 23.4. The first kappa shape index (κ1) is 23.7.